The summed E-state index contributed by atoms with van der Waals surface area (Å²) in [4.78, 5) is 12.8. The van der Waals surface area contributed by atoms with Gasteiger partial charge in [-0.15, -0.1) is 0 Å². The Morgan fingerprint density at radius 3 is 2.46 bits per heavy atom. The first-order chi connectivity index (χ1) is 11.8. The molecule has 0 atom stereocenters. The fourth-order valence-electron chi connectivity index (χ4n) is 2.56. The average molecular weight is 318 g/mol. The van der Waals surface area contributed by atoms with Crippen LogP contribution in [0.15, 0.2) is 86.6 Å². The molecule has 0 aliphatic carbocycles. The minimum Gasteiger partial charge on any atom is -0.481 e. The molecule has 0 bridgehead atoms. The van der Waals surface area contributed by atoms with Gasteiger partial charge >= 0.3 is 0 Å². The molecule has 4 aromatic rings. The first kappa shape index (κ1) is 14.3. The maximum Gasteiger partial charge on any atom is 0.235 e. The Kier molecular flexibility index (Phi) is 3.63. The highest BCUT2D eigenvalue weighted by molar-refractivity contribution is 5.81. The van der Waals surface area contributed by atoms with E-state index in [0.717, 1.165) is 5.56 Å². The third kappa shape index (κ3) is 2.58. The Bertz CT molecular complexity index is 1010. The van der Waals surface area contributed by atoms with E-state index in [1.165, 1.54) is 6.26 Å². The number of ether oxygens (including phenoxy) is 1. The van der Waals surface area contributed by atoms with Crippen LogP contribution in [0.4, 0.5) is 0 Å². The number of hydrogen-bond donors (Lipinski definition) is 0. The summed E-state index contributed by atoms with van der Waals surface area (Å²) >= 11 is 0. The fraction of sp³-hybridized carbons (Fsp3) is 0.0500. The molecule has 0 N–H and O–H groups in total. The van der Waals surface area contributed by atoms with E-state index in [1.807, 2.05) is 36.4 Å². The highest BCUT2D eigenvalue weighted by Gasteiger charge is 2.19. The second-order valence-corrected chi connectivity index (χ2v) is 5.34. The van der Waals surface area contributed by atoms with Gasteiger partial charge in [0.15, 0.2) is 5.76 Å². The van der Waals surface area contributed by atoms with E-state index >= 15 is 0 Å². The number of para-hydroxylation sites is 1. The zero-order valence-corrected chi connectivity index (χ0v) is 12.8. The number of furan rings is 1. The van der Waals surface area contributed by atoms with Crippen LogP contribution in [0.2, 0.25) is 0 Å². The molecule has 0 aliphatic rings. The summed E-state index contributed by atoms with van der Waals surface area (Å²) in [6.45, 7) is 0.275. The molecule has 4 nitrogen and oxygen atoms in total. The topological polar surface area (TPSA) is 52.6 Å². The minimum atomic E-state index is -0.209. The monoisotopic (exact) mass is 318 g/mol. The van der Waals surface area contributed by atoms with Crippen molar-refractivity contribution in [3.8, 4) is 17.3 Å². The first-order valence-corrected chi connectivity index (χ1v) is 7.59. The molecule has 2 aromatic carbocycles. The minimum absolute atomic E-state index is 0.160. The van der Waals surface area contributed by atoms with E-state index in [9.17, 15) is 4.79 Å². The SMILES string of the molecule is O=c1c(OCc2ccccc2)c(-c2ccco2)oc2ccccc12. The normalized spacial score (nSPS) is 10.8. The van der Waals surface area contributed by atoms with E-state index < -0.39 is 0 Å². The van der Waals surface area contributed by atoms with E-state index in [4.69, 9.17) is 13.6 Å². The Morgan fingerprint density at radius 1 is 0.875 bits per heavy atom. The van der Waals surface area contributed by atoms with Gasteiger partial charge in [0.1, 0.15) is 12.2 Å². The van der Waals surface area contributed by atoms with Crippen LogP contribution in [0, 0.1) is 0 Å². The highest BCUT2D eigenvalue weighted by Crippen LogP contribution is 2.31. The van der Waals surface area contributed by atoms with Crippen LogP contribution in [0.5, 0.6) is 5.75 Å². The van der Waals surface area contributed by atoms with E-state index in [-0.39, 0.29) is 17.8 Å². The number of rotatable bonds is 4. The summed E-state index contributed by atoms with van der Waals surface area (Å²) in [5.41, 5.74) is 1.26. The van der Waals surface area contributed by atoms with E-state index in [1.54, 1.807) is 30.3 Å². The summed E-state index contributed by atoms with van der Waals surface area (Å²) in [5, 5.41) is 0.482. The van der Waals surface area contributed by atoms with Gasteiger partial charge in [-0.2, -0.15) is 0 Å². The summed E-state index contributed by atoms with van der Waals surface area (Å²) in [6.07, 6.45) is 1.53. The zero-order valence-electron chi connectivity index (χ0n) is 12.8. The van der Waals surface area contributed by atoms with Gasteiger partial charge in [-0.3, -0.25) is 4.79 Å². The lowest BCUT2D eigenvalue weighted by Crippen LogP contribution is -2.10. The van der Waals surface area contributed by atoms with Crippen molar-refractivity contribution in [3.63, 3.8) is 0 Å². The molecule has 2 aromatic heterocycles. The third-order valence-electron chi connectivity index (χ3n) is 3.73. The predicted molar refractivity (Wildman–Crippen MR) is 91.0 cm³/mol. The molecule has 118 valence electrons. The summed E-state index contributed by atoms with van der Waals surface area (Å²) in [6, 6.07) is 20.2. The van der Waals surface area contributed by atoms with Gasteiger partial charge in [-0.25, -0.2) is 0 Å². The van der Waals surface area contributed by atoms with Crippen molar-refractivity contribution in [2.24, 2.45) is 0 Å². The predicted octanol–water partition coefficient (Wildman–Crippen LogP) is 4.63. The molecular formula is C20H14O4. The molecule has 0 fully saturated rings. The van der Waals surface area contributed by atoms with Gasteiger partial charge in [-0.05, 0) is 29.8 Å². The smallest absolute Gasteiger partial charge is 0.235 e. The lowest BCUT2D eigenvalue weighted by atomic mass is 10.2. The van der Waals surface area contributed by atoms with Gasteiger partial charge < -0.3 is 13.6 Å². The van der Waals surface area contributed by atoms with Crippen LogP contribution in [0.1, 0.15) is 5.56 Å². The first-order valence-electron chi connectivity index (χ1n) is 7.59. The summed E-state index contributed by atoms with van der Waals surface area (Å²) < 4.78 is 17.1. The molecule has 0 spiro atoms. The van der Waals surface area contributed by atoms with Crippen LogP contribution < -0.4 is 10.2 Å². The maximum absolute atomic E-state index is 12.8. The van der Waals surface area contributed by atoms with Crippen molar-refractivity contribution in [1.29, 1.82) is 0 Å². The molecule has 24 heavy (non-hydrogen) atoms. The molecule has 0 saturated heterocycles. The molecule has 4 rings (SSSR count). The van der Waals surface area contributed by atoms with Gasteiger partial charge in [0.05, 0.1) is 11.6 Å². The van der Waals surface area contributed by atoms with Crippen LogP contribution in [0.3, 0.4) is 0 Å². The van der Waals surface area contributed by atoms with Crippen LogP contribution >= 0.6 is 0 Å². The Labute approximate surface area is 137 Å². The third-order valence-corrected chi connectivity index (χ3v) is 3.73. The van der Waals surface area contributed by atoms with Crippen LogP contribution in [-0.2, 0) is 6.61 Å². The van der Waals surface area contributed by atoms with Gasteiger partial charge in [0.2, 0.25) is 16.9 Å². The summed E-state index contributed by atoms with van der Waals surface area (Å²) in [7, 11) is 0. The highest BCUT2D eigenvalue weighted by atomic mass is 16.5. The number of hydrogen-bond acceptors (Lipinski definition) is 4. The number of fused-ring (bicyclic) bond motifs is 1. The molecule has 2 heterocycles. The van der Waals surface area contributed by atoms with E-state index in [2.05, 4.69) is 0 Å². The van der Waals surface area contributed by atoms with Crippen LogP contribution in [-0.4, -0.2) is 0 Å². The van der Waals surface area contributed by atoms with Crippen molar-refractivity contribution in [2.45, 2.75) is 6.61 Å². The van der Waals surface area contributed by atoms with Crippen molar-refractivity contribution in [2.75, 3.05) is 0 Å². The molecule has 0 unspecified atom stereocenters. The second kappa shape index (κ2) is 6.08. The van der Waals surface area contributed by atoms with Gasteiger partial charge in [0.25, 0.3) is 0 Å². The molecule has 4 heteroatoms. The van der Waals surface area contributed by atoms with E-state index in [0.29, 0.717) is 22.5 Å². The zero-order chi connectivity index (χ0) is 16.4. The molecule has 0 saturated carbocycles. The standard InChI is InChI=1S/C20H14O4/c21-18-15-9-4-5-10-16(15)24-19(17-11-6-12-22-17)20(18)23-13-14-7-2-1-3-8-14/h1-12H,13H2. The molecule has 0 aliphatic heterocycles. The van der Waals surface area contributed by atoms with Gasteiger partial charge in [-0.1, -0.05) is 42.5 Å². The Balaban J connectivity index is 1.84. The summed E-state index contributed by atoms with van der Waals surface area (Å²) in [5.74, 6) is 0.924. The fourth-order valence-corrected chi connectivity index (χ4v) is 2.56. The van der Waals surface area contributed by atoms with Crippen LogP contribution in [0.25, 0.3) is 22.5 Å². The molecule has 0 amide bonds. The molecule has 0 radical (unpaired) electrons. The average Bonchev–Trinajstić information content (AvgIpc) is 3.16. The lowest BCUT2D eigenvalue weighted by molar-refractivity contribution is 0.296. The van der Waals surface area contributed by atoms with Crippen molar-refractivity contribution in [1.82, 2.24) is 0 Å². The maximum atomic E-state index is 12.8. The largest absolute Gasteiger partial charge is 0.481 e. The quantitative estimate of drug-likeness (QED) is 0.550. The Hall–Kier alpha value is -3.27. The van der Waals surface area contributed by atoms with Crippen molar-refractivity contribution < 1.29 is 13.6 Å². The van der Waals surface area contributed by atoms with Crippen molar-refractivity contribution >= 4 is 11.0 Å². The lowest BCUT2D eigenvalue weighted by Gasteiger charge is -2.10. The Morgan fingerprint density at radius 2 is 1.67 bits per heavy atom. The van der Waals surface area contributed by atoms with Gasteiger partial charge in [0, 0.05) is 0 Å². The molecular weight excluding hydrogens is 304 g/mol. The van der Waals surface area contributed by atoms with Crippen molar-refractivity contribution in [3.05, 3.63) is 88.8 Å². The second-order valence-electron chi connectivity index (χ2n) is 5.34. The number of benzene rings is 2.